The molecule has 1 aliphatic carbocycles. The number of likely N-dealkylation sites (N-methyl/N-ethyl adjacent to an activating group) is 1. The number of rotatable bonds is 5. The van der Waals surface area contributed by atoms with Crippen molar-refractivity contribution in [1.29, 1.82) is 0 Å². The predicted octanol–water partition coefficient (Wildman–Crippen LogP) is 4.35. The first kappa shape index (κ1) is 23.1. The molecule has 0 spiro atoms. The Morgan fingerprint density at radius 3 is 1.87 bits per heavy atom. The zero-order chi connectivity index (χ0) is 23.1. The highest BCUT2D eigenvalue weighted by Crippen LogP contribution is 2.38. The van der Waals surface area contributed by atoms with Crippen LogP contribution in [-0.4, -0.2) is 31.1 Å². The quantitative estimate of drug-likeness (QED) is 0.525. The lowest BCUT2D eigenvalue weighted by molar-refractivity contribution is -0.143. The minimum atomic E-state index is -5.02. The molecule has 11 heteroatoms. The van der Waals surface area contributed by atoms with Crippen molar-refractivity contribution in [1.82, 2.24) is 4.90 Å². The molecular weight excluding hydrogens is 428 g/mol. The largest absolute Gasteiger partial charge is 0.416 e. The van der Waals surface area contributed by atoms with Crippen LogP contribution in [0.2, 0.25) is 0 Å². The molecule has 170 valence electrons. The van der Waals surface area contributed by atoms with E-state index in [0.29, 0.717) is 18.6 Å². The van der Waals surface area contributed by atoms with Gasteiger partial charge in [-0.25, -0.2) is 0 Å². The Morgan fingerprint density at radius 2 is 1.35 bits per heavy atom. The molecule has 0 amide bonds. The fourth-order valence-electron chi connectivity index (χ4n) is 3.90. The zero-order valence-corrected chi connectivity index (χ0v) is 16.7. The molecule has 1 saturated carbocycles. The topological polar surface area (TPSA) is 61.4 Å². The van der Waals surface area contributed by atoms with E-state index in [1.54, 1.807) is 0 Å². The fourth-order valence-corrected chi connectivity index (χ4v) is 3.90. The van der Waals surface area contributed by atoms with Gasteiger partial charge in [-0.1, -0.05) is 12.8 Å². The van der Waals surface area contributed by atoms with Crippen molar-refractivity contribution in [2.75, 3.05) is 24.7 Å². The second-order valence-corrected chi connectivity index (χ2v) is 7.89. The summed E-state index contributed by atoms with van der Waals surface area (Å²) in [6.07, 6.45) is -6.60. The smallest absolute Gasteiger partial charge is 0.376 e. The standard InChI is InChI=1S/C20H21F6N3O2/c1-29(2)14-6-4-3-5-13(14)28-16-15(17(30)18(16)31)27-12-8-10(19(21,22)23)7-11(9-12)20(24,25)26/h7-9,13-14,27-28H,3-6H2,1-2H3/t13?,14-/m1/s1. The maximum absolute atomic E-state index is 13.1. The van der Waals surface area contributed by atoms with Gasteiger partial charge in [0, 0.05) is 17.8 Å². The van der Waals surface area contributed by atoms with E-state index < -0.39 is 40.0 Å². The van der Waals surface area contributed by atoms with E-state index in [9.17, 15) is 35.9 Å². The van der Waals surface area contributed by atoms with Gasteiger partial charge in [-0.15, -0.1) is 0 Å². The molecule has 5 nitrogen and oxygen atoms in total. The lowest BCUT2D eigenvalue weighted by atomic mass is 9.89. The summed E-state index contributed by atoms with van der Waals surface area (Å²) in [5.41, 5.74) is -5.91. The van der Waals surface area contributed by atoms with Crippen LogP contribution in [0.4, 0.5) is 43.4 Å². The van der Waals surface area contributed by atoms with Crippen LogP contribution in [-0.2, 0) is 12.4 Å². The third-order valence-electron chi connectivity index (χ3n) is 5.49. The molecule has 0 bridgehead atoms. The molecule has 1 aliphatic rings. The number of nitrogens with one attached hydrogen (secondary N) is 2. The third-order valence-corrected chi connectivity index (χ3v) is 5.49. The Bertz CT molecular complexity index is 989. The van der Waals surface area contributed by atoms with E-state index in [0.717, 1.165) is 19.3 Å². The minimum absolute atomic E-state index is 0.00379. The van der Waals surface area contributed by atoms with Gasteiger partial charge < -0.3 is 15.5 Å². The number of nitrogens with zero attached hydrogens (tertiary/aromatic N) is 1. The summed E-state index contributed by atoms with van der Waals surface area (Å²) in [6.45, 7) is 0. The average Bonchev–Trinajstić information content (AvgIpc) is 2.69. The highest BCUT2D eigenvalue weighted by atomic mass is 19.4. The summed E-state index contributed by atoms with van der Waals surface area (Å²) in [5.74, 6) is 0. The van der Waals surface area contributed by atoms with Gasteiger partial charge >= 0.3 is 12.4 Å². The molecule has 0 aromatic heterocycles. The van der Waals surface area contributed by atoms with Gasteiger partial charge in [0.2, 0.25) is 0 Å². The Kier molecular flexibility index (Phi) is 6.09. The molecule has 0 heterocycles. The summed E-state index contributed by atoms with van der Waals surface area (Å²) in [6, 6.07) is 0.824. The number of benzene rings is 1. The van der Waals surface area contributed by atoms with E-state index >= 15 is 0 Å². The van der Waals surface area contributed by atoms with E-state index in [2.05, 4.69) is 10.6 Å². The monoisotopic (exact) mass is 449 g/mol. The number of anilines is 3. The van der Waals surface area contributed by atoms with Crippen LogP contribution in [0.5, 0.6) is 0 Å². The fraction of sp³-hybridized carbons (Fsp3) is 0.500. The van der Waals surface area contributed by atoms with Crippen LogP contribution in [0.1, 0.15) is 36.8 Å². The minimum Gasteiger partial charge on any atom is -0.376 e. The number of hydrogen-bond acceptors (Lipinski definition) is 5. The molecule has 2 aromatic carbocycles. The Balaban J connectivity index is 1.93. The first-order chi connectivity index (χ1) is 14.3. The van der Waals surface area contributed by atoms with Crippen molar-refractivity contribution >= 4 is 17.1 Å². The van der Waals surface area contributed by atoms with Crippen LogP contribution in [0.3, 0.4) is 0 Å². The van der Waals surface area contributed by atoms with Crippen LogP contribution >= 0.6 is 0 Å². The number of hydrogen-bond donors (Lipinski definition) is 2. The predicted molar refractivity (Wildman–Crippen MR) is 104 cm³/mol. The van der Waals surface area contributed by atoms with Gasteiger partial charge in [-0.2, -0.15) is 26.3 Å². The zero-order valence-electron chi connectivity index (χ0n) is 16.7. The Hall–Kier alpha value is -2.56. The molecular formula is C20H21F6N3O2. The maximum Gasteiger partial charge on any atom is 0.416 e. The van der Waals surface area contributed by atoms with Crippen LogP contribution in [0.25, 0.3) is 0 Å². The lowest BCUT2D eigenvalue weighted by Gasteiger charge is -2.37. The molecule has 31 heavy (non-hydrogen) atoms. The normalized spacial score (nSPS) is 20.3. The highest BCUT2D eigenvalue weighted by Gasteiger charge is 2.37. The second-order valence-electron chi connectivity index (χ2n) is 7.89. The van der Waals surface area contributed by atoms with Crippen molar-refractivity contribution < 1.29 is 26.3 Å². The molecule has 0 saturated heterocycles. The van der Waals surface area contributed by atoms with E-state index in [1.807, 2.05) is 19.0 Å². The number of alkyl halides is 6. The van der Waals surface area contributed by atoms with E-state index in [-0.39, 0.29) is 29.5 Å². The van der Waals surface area contributed by atoms with Crippen molar-refractivity contribution in [3.05, 3.63) is 49.8 Å². The summed E-state index contributed by atoms with van der Waals surface area (Å²) in [4.78, 5) is 26.1. The van der Waals surface area contributed by atoms with Crippen molar-refractivity contribution in [2.45, 2.75) is 50.1 Å². The maximum atomic E-state index is 13.1. The summed E-state index contributed by atoms with van der Waals surface area (Å²) in [5, 5.41) is 5.29. The van der Waals surface area contributed by atoms with Gasteiger partial charge in [0.1, 0.15) is 11.4 Å². The van der Waals surface area contributed by atoms with E-state index in [4.69, 9.17) is 0 Å². The molecule has 1 unspecified atom stereocenters. The first-order valence-electron chi connectivity index (χ1n) is 9.62. The molecule has 2 atom stereocenters. The van der Waals surface area contributed by atoms with Crippen molar-refractivity contribution in [3.63, 3.8) is 0 Å². The highest BCUT2D eigenvalue weighted by molar-refractivity contribution is 5.79. The molecule has 0 radical (unpaired) electrons. The van der Waals surface area contributed by atoms with Crippen LogP contribution < -0.4 is 21.5 Å². The Morgan fingerprint density at radius 1 is 0.839 bits per heavy atom. The van der Waals surface area contributed by atoms with E-state index in [1.165, 1.54) is 0 Å². The molecule has 2 N–H and O–H groups in total. The molecule has 0 aliphatic heterocycles. The Labute approximate surface area is 173 Å². The van der Waals surface area contributed by atoms with Gasteiger partial charge in [0.25, 0.3) is 10.9 Å². The summed E-state index contributed by atoms with van der Waals surface area (Å²) >= 11 is 0. The summed E-state index contributed by atoms with van der Waals surface area (Å²) in [7, 11) is 3.74. The molecule has 1 fully saturated rings. The van der Waals surface area contributed by atoms with Crippen LogP contribution in [0.15, 0.2) is 27.8 Å². The summed E-state index contributed by atoms with van der Waals surface area (Å²) < 4.78 is 78.4. The third kappa shape index (κ3) is 4.86. The number of halogens is 6. The van der Waals surface area contributed by atoms with Gasteiger partial charge in [-0.3, -0.25) is 9.59 Å². The van der Waals surface area contributed by atoms with Gasteiger partial charge in [-0.05, 0) is 45.1 Å². The van der Waals surface area contributed by atoms with Crippen molar-refractivity contribution in [3.8, 4) is 0 Å². The second kappa shape index (κ2) is 8.18. The lowest BCUT2D eigenvalue weighted by Crippen LogP contribution is -2.48. The van der Waals surface area contributed by atoms with Crippen molar-refractivity contribution in [2.24, 2.45) is 0 Å². The van der Waals surface area contributed by atoms with Gasteiger partial charge in [0.05, 0.1) is 11.1 Å². The SMILES string of the molecule is CN(C)[C@@H]1CCCCC1Nc1c(Nc2cc(C(F)(F)F)cc(C(F)(F)F)c2)c(=O)c1=O. The van der Waals surface area contributed by atoms with Crippen LogP contribution in [0, 0.1) is 0 Å². The molecule has 3 rings (SSSR count). The molecule has 2 aromatic rings. The average molecular weight is 449 g/mol. The van der Waals surface area contributed by atoms with Gasteiger partial charge in [0.15, 0.2) is 0 Å². The first-order valence-corrected chi connectivity index (χ1v) is 9.62.